The number of nitrogens with one attached hydrogen (secondary N) is 1. The molecule has 0 radical (unpaired) electrons. The molecule has 84 valence electrons. The van der Waals surface area contributed by atoms with Crippen LogP contribution in [0, 0.1) is 11.3 Å². The van der Waals surface area contributed by atoms with Crippen molar-refractivity contribution < 1.29 is 14.7 Å². The number of hydrogen-bond acceptors (Lipinski definition) is 2. The molecular formula is C11H17NO3. The Bertz CT molecular complexity index is 280. The summed E-state index contributed by atoms with van der Waals surface area (Å²) in [5.74, 6) is -0.183. The molecule has 0 aromatic rings. The molecule has 0 heterocycles. The second-order valence-electron chi connectivity index (χ2n) is 4.86. The Morgan fingerprint density at radius 2 is 2.00 bits per heavy atom. The molecular weight excluding hydrogens is 194 g/mol. The van der Waals surface area contributed by atoms with Gasteiger partial charge in [0.2, 0.25) is 5.91 Å². The van der Waals surface area contributed by atoms with Crippen LogP contribution < -0.4 is 5.32 Å². The molecule has 0 bridgehead atoms. The quantitative estimate of drug-likeness (QED) is 0.717. The molecule has 2 N–H and O–H groups in total. The van der Waals surface area contributed by atoms with E-state index in [-0.39, 0.29) is 5.91 Å². The van der Waals surface area contributed by atoms with Gasteiger partial charge in [-0.25, -0.2) is 0 Å². The largest absolute Gasteiger partial charge is 0.481 e. The molecule has 0 aromatic heterocycles. The van der Waals surface area contributed by atoms with Crippen molar-refractivity contribution in [1.82, 2.24) is 5.32 Å². The number of rotatable bonds is 5. The van der Waals surface area contributed by atoms with Crippen molar-refractivity contribution in [1.29, 1.82) is 0 Å². The molecule has 0 aliphatic heterocycles. The van der Waals surface area contributed by atoms with Crippen molar-refractivity contribution in [2.24, 2.45) is 11.3 Å². The molecule has 2 aliphatic rings. The molecule has 0 unspecified atom stereocenters. The van der Waals surface area contributed by atoms with Crippen LogP contribution in [0.2, 0.25) is 0 Å². The zero-order chi connectivity index (χ0) is 10.9. The number of hydrogen-bond donors (Lipinski definition) is 2. The Balaban J connectivity index is 1.75. The lowest BCUT2D eigenvalue weighted by Gasteiger charge is -2.37. The van der Waals surface area contributed by atoms with Crippen LogP contribution >= 0.6 is 0 Å². The van der Waals surface area contributed by atoms with Gasteiger partial charge in [0.1, 0.15) is 0 Å². The van der Waals surface area contributed by atoms with Crippen molar-refractivity contribution in [3.8, 4) is 0 Å². The van der Waals surface area contributed by atoms with Crippen LogP contribution in [0.3, 0.4) is 0 Å². The zero-order valence-corrected chi connectivity index (χ0v) is 8.79. The molecule has 0 aromatic carbocycles. The predicted molar refractivity (Wildman–Crippen MR) is 54.3 cm³/mol. The Kier molecular flexibility index (Phi) is 2.67. The fourth-order valence-electron chi connectivity index (χ4n) is 1.99. The Morgan fingerprint density at radius 1 is 1.33 bits per heavy atom. The minimum atomic E-state index is -0.763. The van der Waals surface area contributed by atoms with E-state index in [1.54, 1.807) is 0 Å². The van der Waals surface area contributed by atoms with E-state index >= 15 is 0 Å². The van der Waals surface area contributed by atoms with Crippen LogP contribution in [0.15, 0.2) is 0 Å². The van der Waals surface area contributed by atoms with Crippen molar-refractivity contribution in [2.45, 2.75) is 38.5 Å². The highest BCUT2D eigenvalue weighted by atomic mass is 16.4. The average Bonchev–Trinajstić information content (AvgIpc) is 2.85. The first kappa shape index (κ1) is 10.5. The second kappa shape index (κ2) is 3.83. The first-order chi connectivity index (χ1) is 7.12. The lowest BCUT2D eigenvalue weighted by atomic mass is 9.69. The maximum absolute atomic E-state index is 11.4. The Labute approximate surface area is 89.0 Å². The minimum absolute atomic E-state index is 0.0185. The van der Waals surface area contributed by atoms with E-state index in [1.165, 1.54) is 0 Å². The summed E-state index contributed by atoms with van der Waals surface area (Å²) in [4.78, 5) is 22.4. The number of amides is 1. The average molecular weight is 211 g/mol. The van der Waals surface area contributed by atoms with Gasteiger partial charge in [0.15, 0.2) is 0 Å². The second-order valence-corrected chi connectivity index (χ2v) is 4.86. The van der Waals surface area contributed by atoms with Gasteiger partial charge < -0.3 is 10.4 Å². The van der Waals surface area contributed by atoms with E-state index in [0.717, 1.165) is 19.3 Å². The summed E-state index contributed by atoms with van der Waals surface area (Å²) < 4.78 is 0. The summed E-state index contributed by atoms with van der Waals surface area (Å²) in [5.41, 5.74) is -0.654. The van der Waals surface area contributed by atoms with Gasteiger partial charge in [-0.15, -0.1) is 0 Å². The van der Waals surface area contributed by atoms with Crippen molar-refractivity contribution in [3.05, 3.63) is 0 Å². The molecule has 1 amide bonds. The molecule has 15 heavy (non-hydrogen) atoms. The lowest BCUT2D eigenvalue weighted by Crippen LogP contribution is -2.47. The monoisotopic (exact) mass is 211 g/mol. The molecule has 4 heteroatoms. The molecule has 0 saturated heterocycles. The summed E-state index contributed by atoms with van der Waals surface area (Å²) in [6, 6.07) is 0. The highest BCUT2D eigenvalue weighted by Gasteiger charge is 2.44. The van der Waals surface area contributed by atoms with Gasteiger partial charge in [-0.1, -0.05) is 6.42 Å². The maximum atomic E-state index is 11.4. The van der Waals surface area contributed by atoms with Crippen molar-refractivity contribution in [2.75, 3.05) is 6.54 Å². The number of carbonyl (C=O) groups excluding carboxylic acids is 1. The summed E-state index contributed by atoms with van der Waals surface area (Å²) in [7, 11) is 0. The third-order valence-electron chi connectivity index (χ3n) is 3.56. The van der Waals surface area contributed by atoms with Crippen molar-refractivity contribution in [3.63, 3.8) is 0 Å². The van der Waals surface area contributed by atoms with Gasteiger partial charge in [0, 0.05) is 13.0 Å². The van der Waals surface area contributed by atoms with Gasteiger partial charge >= 0.3 is 5.97 Å². The topological polar surface area (TPSA) is 66.4 Å². The summed E-state index contributed by atoms with van der Waals surface area (Å²) in [5, 5.41) is 11.8. The van der Waals surface area contributed by atoms with Crippen molar-refractivity contribution >= 4 is 11.9 Å². The zero-order valence-electron chi connectivity index (χ0n) is 8.79. The molecule has 2 saturated carbocycles. The fourth-order valence-corrected chi connectivity index (χ4v) is 1.99. The Hall–Kier alpha value is -1.06. The first-order valence-corrected chi connectivity index (χ1v) is 5.62. The van der Waals surface area contributed by atoms with Crippen LogP contribution in [0.5, 0.6) is 0 Å². The van der Waals surface area contributed by atoms with E-state index in [9.17, 15) is 9.59 Å². The van der Waals surface area contributed by atoms with Crippen LogP contribution in [-0.4, -0.2) is 23.5 Å². The van der Waals surface area contributed by atoms with E-state index < -0.39 is 11.4 Å². The van der Waals surface area contributed by atoms with Gasteiger partial charge in [0.25, 0.3) is 0 Å². The number of carboxylic acids is 1. The van der Waals surface area contributed by atoms with Gasteiger partial charge in [-0.2, -0.15) is 0 Å². The molecule has 4 nitrogen and oxygen atoms in total. The fraction of sp³-hybridized carbons (Fsp3) is 0.818. The number of carboxylic acid groups (broad SMARTS) is 1. The van der Waals surface area contributed by atoms with Gasteiger partial charge in [-0.05, 0) is 31.6 Å². The third-order valence-corrected chi connectivity index (χ3v) is 3.56. The van der Waals surface area contributed by atoms with Gasteiger partial charge in [0.05, 0.1) is 5.41 Å². The smallest absolute Gasteiger partial charge is 0.311 e. The van der Waals surface area contributed by atoms with Crippen LogP contribution in [-0.2, 0) is 9.59 Å². The molecule has 0 spiro atoms. The van der Waals surface area contributed by atoms with E-state index in [1.807, 2.05) is 0 Å². The number of carbonyl (C=O) groups is 2. The predicted octanol–water partition coefficient (Wildman–Crippen LogP) is 1.16. The van der Waals surface area contributed by atoms with Gasteiger partial charge in [-0.3, -0.25) is 9.59 Å². The highest BCUT2D eigenvalue weighted by molar-refractivity contribution is 5.79. The highest BCUT2D eigenvalue weighted by Crippen LogP contribution is 2.40. The maximum Gasteiger partial charge on any atom is 0.311 e. The molecule has 2 aliphatic carbocycles. The molecule has 0 atom stereocenters. The Morgan fingerprint density at radius 3 is 2.40 bits per heavy atom. The summed E-state index contributed by atoms with van der Waals surface area (Å²) in [6.07, 6.45) is 5.24. The SMILES string of the molecule is O=C(CC1CC1)NCC1(C(=O)O)CCC1. The minimum Gasteiger partial charge on any atom is -0.481 e. The van der Waals surface area contributed by atoms with E-state index in [4.69, 9.17) is 5.11 Å². The molecule has 2 rings (SSSR count). The van der Waals surface area contributed by atoms with Crippen LogP contribution in [0.25, 0.3) is 0 Å². The third kappa shape index (κ3) is 2.30. The summed E-state index contributed by atoms with van der Waals surface area (Å²) >= 11 is 0. The summed E-state index contributed by atoms with van der Waals surface area (Å²) in [6.45, 7) is 0.313. The molecule has 2 fully saturated rings. The van der Waals surface area contributed by atoms with Crippen LogP contribution in [0.1, 0.15) is 38.5 Å². The lowest BCUT2D eigenvalue weighted by molar-refractivity contribution is -0.154. The van der Waals surface area contributed by atoms with E-state index in [2.05, 4.69) is 5.32 Å². The normalized spacial score (nSPS) is 22.9. The first-order valence-electron chi connectivity index (χ1n) is 5.62. The van der Waals surface area contributed by atoms with Crippen LogP contribution in [0.4, 0.5) is 0 Å². The number of aliphatic carboxylic acids is 1. The standard InChI is InChI=1S/C11H17NO3/c13-9(6-8-2-3-8)12-7-11(10(14)15)4-1-5-11/h8H,1-7H2,(H,12,13)(H,14,15). The van der Waals surface area contributed by atoms with E-state index in [0.29, 0.717) is 31.7 Å².